The zero-order valence-electron chi connectivity index (χ0n) is 35.3. The molecule has 9 rings (SSSR count). The summed E-state index contributed by atoms with van der Waals surface area (Å²) < 4.78 is 23.5. The molecule has 0 bridgehead atoms. The molecular weight excluding hydrogens is 937 g/mol. The van der Waals surface area contributed by atoms with Crippen LogP contribution in [-0.4, -0.2) is 19.6 Å². The number of furan rings is 1. The molecule has 0 atom stereocenters. The molecule has 0 amide bonds. The molecule has 0 aliphatic carbocycles. The van der Waals surface area contributed by atoms with Crippen molar-refractivity contribution in [1.29, 1.82) is 0 Å². The summed E-state index contributed by atoms with van der Waals surface area (Å²) in [6.45, 7) is 15.4. The van der Waals surface area contributed by atoms with E-state index in [0.717, 1.165) is 77.9 Å². The number of pyridine rings is 1. The fourth-order valence-electron chi connectivity index (χ4n) is 8.29. The Bertz CT molecular complexity index is 3040. The van der Waals surface area contributed by atoms with E-state index in [2.05, 4.69) is 120 Å². The summed E-state index contributed by atoms with van der Waals surface area (Å²) in [5, 5.41) is 12.7. The van der Waals surface area contributed by atoms with Gasteiger partial charge < -0.3 is 9.52 Å². The van der Waals surface area contributed by atoms with Crippen LogP contribution in [0.5, 0.6) is 5.75 Å². The van der Waals surface area contributed by atoms with Crippen LogP contribution in [0.3, 0.4) is 0 Å². The number of phenols is 1. The van der Waals surface area contributed by atoms with Crippen LogP contribution >= 0.6 is 0 Å². The van der Waals surface area contributed by atoms with E-state index in [4.69, 9.17) is 14.4 Å². The summed E-state index contributed by atoms with van der Waals surface area (Å²) in [7, 11) is 0. The Morgan fingerprint density at radius 2 is 1.39 bits per heavy atom. The second kappa shape index (κ2) is 16.4. The molecule has 0 radical (unpaired) electrons. The summed E-state index contributed by atoms with van der Waals surface area (Å²) in [5.74, 6) is 0.586. The number of fused-ring (bicyclic) bond motifs is 2. The number of hydrogen-bond acceptors (Lipinski definition) is 4. The van der Waals surface area contributed by atoms with Crippen LogP contribution in [-0.2, 0) is 26.5 Å². The number of benzene rings is 6. The largest absolute Gasteiger partial charge is 0.507 e. The standard InChI is InChI=1S/C54H47FN3O2.Pt/c1-32(2)43-17-12-18-44(33(3)4)51(43)58-47-31-38(36-15-11-16-42(55)28-36)29-45(50(47)57-53(58)49-48(59)20-19-35-22-24-60-52(35)49)39-25-40(27-41(26-39)54(5,6)7)46-30-37(21-23-56-46)34-13-9-8-10-14-34;/h8-24,26-33,59H,1-7H3;/q-1;. The minimum Gasteiger partial charge on any atom is -0.507 e. The van der Waals surface area contributed by atoms with E-state index in [9.17, 15) is 5.11 Å². The first kappa shape index (κ1) is 41.6. The summed E-state index contributed by atoms with van der Waals surface area (Å²) in [6.07, 6.45) is 3.50. The number of halogens is 1. The Balaban J connectivity index is 0.00000514. The third-order valence-electron chi connectivity index (χ3n) is 11.5. The number of imidazole rings is 1. The second-order valence-electron chi connectivity index (χ2n) is 17.3. The van der Waals surface area contributed by atoms with E-state index in [-0.39, 0.29) is 49.9 Å². The smallest absolute Gasteiger partial charge is 0.152 e. The maximum atomic E-state index is 15.1. The molecule has 6 aromatic carbocycles. The molecule has 0 aliphatic heterocycles. The molecular formula is C54H47FN3O2Pt-. The quantitative estimate of drug-likeness (QED) is 0.154. The predicted octanol–water partition coefficient (Wildman–Crippen LogP) is 14.7. The minimum atomic E-state index is -0.321. The zero-order valence-corrected chi connectivity index (χ0v) is 37.6. The Labute approximate surface area is 371 Å². The maximum absolute atomic E-state index is 15.1. The molecule has 0 aliphatic rings. The molecule has 1 N–H and O–H groups in total. The van der Waals surface area contributed by atoms with Crippen molar-refractivity contribution < 1.29 is 35.0 Å². The second-order valence-corrected chi connectivity index (χ2v) is 17.3. The normalized spacial score (nSPS) is 11.8. The third-order valence-corrected chi connectivity index (χ3v) is 11.5. The van der Waals surface area contributed by atoms with Gasteiger partial charge in [0.15, 0.2) is 5.82 Å². The molecule has 0 saturated heterocycles. The Kier molecular flexibility index (Phi) is 11.2. The van der Waals surface area contributed by atoms with Gasteiger partial charge in [-0.3, -0.25) is 9.55 Å². The molecule has 3 aromatic heterocycles. The first-order chi connectivity index (χ1) is 28.9. The van der Waals surface area contributed by atoms with Gasteiger partial charge in [-0.05, 0) is 93.1 Å². The van der Waals surface area contributed by atoms with Crippen molar-refractivity contribution in [1.82, 2.24) is 14.5 Å². The van der Waals surface area contributed by atoms with E-state index in [1.807, 2.05) is 48.7 Å². The monoisotopic (exact) mass is 983 g/mol. The number of para-hydroxylation sites is 1. The van der Waals surface area contributed by atoms with Crippen LogP contribution in [0.1, 0.15) is 77.0 Å². The van der Waals surface area contributed by atoms with Gasteiger partial charge in [-0.2, -0.15) is 0 Å². The van der Waals surface area contributed by atoms with Gasteiger partial charge in [-0.1, -0.05) is 132 Å². The van der Waals surface area contributed by atoms with Gasteiger partial charge in [-0.25, -0.2) is 9.37 Å². The Hall–Kier alpha value is -6.10. The van der Waals surface area contributed by atoms with Crippen LogP contribution in [0.25, 0.3) is 83.7 Å². The van der Waals surface area contributed by atoms with Crippen LogP contribution in [0.2, 0.25) is 0 Å². The molecule has 0 saturated carbocycles. The van der Waals surface area contributed by atoms with Crippen molar-refractivity contribution in [2.24, 2.45) is 0 Å². The van der Waals surface area contributed by atoms with Crippen LogP contribution in [0, 0.1) is 11.9 Å². The van der Waals surface area contributed by atoms with E-state index in [1.165, 1.54) is 6.07 Å². The summed E-state index contributed by atoms with van der Waals surface area (Å²) >= 11 is 0. The third kappa shape index (κ3) is 7.75. The van der Waals surface area contributed by atoms with E-state index in [1.54, 1.807) is 24.5 Å². The average molecular weight is 984 g/mol. The molecule has 3 heterocycles. The molecule has 308 valence electrons. The summed E-state index contributed by atoms with van der Waals surface area (Å²) in [6, 6.07) is 45.5. The van der Waals surface area contributed by atoms with Gasteiger partial charge >= 0.3 is 0 Å². The van der Waals surface area contributed by atoms with Crippen molar-refractivity contribution in [3.05, 3.63) is 168 Å². The van der Waals surface area contributed by atoms with Gasteiger partial charge in [0, 0.05) is 38.3 Å². The molecule has 0 unspecified atom stereocenters. The number of aromatic hydroxyl groups is 1. The molecule has 0 spiro atoms. The first-order valence-electron chi connectivity index (χ1n) is 20.6. The van der Waals surface area contributed by atoms with Gasteiger partial charge in [0.05, 0.1) is 23.0 Å². The van der Waals surface area contributed by atoms with Gasteiger partial charge in [-0.15, -0.1) is 29.3 Å². The first-order valence-corrected chi connectivity index (χ1v) is 20.6. The van der Waals surface area contributed by atoms with Crippen LogP contribution in [0.15, 0.2) is 144 Å². The van der Waals surface area contributed by atoms with E-state index in [0.29, 0.717) is 22.5 Å². The molecule has 9 aromatic rings. The van der Waals surface area contributed by atoms with E-state index >= 15 is 4.39 Å². The number of hydrogen-bond donors (Lipinski definition) is 1. The number of aromatic nitrogens is 3. The average Bonchev–Trinajstić information content (AvgIpc) is 3.88. The van der Waals surface area contributed by atoms with Crippen molar-refractivity contribution in [3.63, 3.8) is 0 Å². The summed E-state index contributed by atoms with van der Waals surface area (Å²) in [5.41, 5.74) is 13.7. The SMILES string of the molecule is CC(C)c1cccc(C(C)C)c1-n1c(-c2c(O)ccc3ccoc23)nc2c(-c3[c-]c(-c4cc(-c5ccccc5)ccn4)cc(C(C)(C)C)c3)cc(-c3cccc(F)c3)cc21.[Pt]. The van der Waals surface area contributed by atoms with Gasteiger partial charge in [0.2, 0.25) is 0 Å². The number of phenolic OH excluding ortho intramolecular Hbond substituents is 1. The minimum absolute atomic E-state index is 0. The maximum Gasteiger partial charge on any atom is 0.152 e. The fourth-order valence-corrected chi connectivity index (χ4v) is 8.29. The van der Waals surface area contributed by atoms with E-state index < -0.39 is 0 Å². The molecule has 61 heavy (non-hydrogen) atoms. The van der Waals surface area contributed by atoms with Crippen molar-refractivity contribution in [2.75, 3.05) is 0 Å². The topological polar surface area (TPSA) is 64.1 Å². The number of nitrogens with zero attached hydrogens (tertiary/aromatic N) is 3. The van der Waals surface area contributed by atoms with Crippen molar-refractivity contribution in [3.8, 4) is 67.5 Å². The van der Waals surface area contributed by atoms with Gasteiger partial charge in [0.1, 0.15) is 22.7 Å². The van der Waals surface area contributed by atoms with Crippen LogP contribution < -0.4 is 0 Å². The van der Waals surface area contributed by atoms with Crippen LogP contribution in [0.4, 0.5) is 4.39 Å². The van der Waals surface area contributed by atoms with Crippen molar-refractivity contribution in [2.45, 2.75) is 65.7 Å². The zero-order chi connectivity index (χ0) is 41.9. The molecule has 5 nitrogen and oxygen atoms in total. The summed E-state index contributed by atoms with van der Waals surface area (Å²) in [4.78, 5) is 10.4. The Morgan fingerprint density at radius 1 is 0.705 bits per heavy atom. The van der Waals surface area contributed by atoms with Gasteiger partial charge in [0.25, 0.3) is 0 Å². The molecule has 7 heteroatoms. The fraction of sp³-hybridized carbons (Fsp3) is 0.185. The predicted molar refractivity (Wildman–Crippen MR) is 243 cm³/mol. The number of rotatable bonds is 8. The Morgan fingerprint density at radius 3 is 2.10 bits per heavy atom. The molecule has 0 fully saturated rings. The van der Waals surface area contributed by atoms with Crippen molar-refractivity contribution >= 4 is 22.0 Å².